The minimum Gasteiger partial charge on any atom is -0.493 e. The summed E-state index contributed by atoms with van der Waals surface area (Å²) in [6.45, 7) is 3.66. The molecule has 0 fully saturated rings. The first-order chi connectivity index (χ1) is 20.8. The van der Waals surface area contributed by atoms with Gasteiger partial charge in [0.15, 0.2) is 17.1 Å². The monoisotopic (exact) mass is 661 g/mol. The number of fused-ring (bicyclic) bond motifs is 1. The number of amides is 1. The van der Waals surface area contributed by atoms with E-state index in [1.807, 2.05) is 0 Å². The van der Waals surface area contributed by atoms with Crippen molar-refractivity contribution in [1.29, 1.82) is 0 Å². The standard InChI is InChI=1S/C27H25F6N5O6S/c1-4-43-20-10-15(8-9-18(20)26(28,29)30)19-12-22(27(31,32)33)38-23(36-19)21(13-34-38)44-24(40)35-16-6-5-7-17(11-16)45(41,42)37-25(2,3)14-39/h5-13,37,39H,4,14H2,1-3H3,(H,35,40). The van der Waals surface area contributed by atoms with Crippen molar-refractivity contribution in [1.82, 2.24) is 19.3 Å². The molecule has 0 aliphatic heterocycles. The molecule has 18 heteroatoms. The van der Waals surface area contributed by atoms with Gasteiger partial charge in [-0.05, 0) is 57.2 Å². The summed E-state index contributed by atoms with van der Waals surface area (Å²) in [5.41, 5.74) is -4.96. The van der Waals surface area contributed by atoms with E-state index in [9.17, 15) is 44.7 Å². The van der Waals surface area contributed by atoms with E-state index in [0.717, 1.165) is 24.4 Å². The minimum absolute atomic E-state index is 0.0704. The average Bonchev–Trinajstić information content (AvgIpc) is 3.33. The van der Waals surface area contributed by atoms with Gasteiger partial charge in [0, 0.05) is 11.3 Å². The largest absolute Gasteiger partial charge is 0.493 e. The van der Waals surface area contributed by atoms with E-state index in [2.05, 4.69) is 20.1 Å². The molecule has 0 atom stereocenters. The molecule has 0 spiro atoms. The Bertz CT molecular complexity index is 1840. The number of anilines is 1. The first-order valence-corrected chi connectivity index (χ1v) is 14.4. The van der Waals surface area contributed by atoms with Crippen LogP contribution in [0.5, 0.6) is 11.5 Å². The van der Waals surface area contributed by atoms with Crippen LogP contribution in [0, 0.1) is 0 Å². The highest BCUT2D eigenvalue weighted by Gasteiger charge is 2.37. The first-order valence-electron chi connectivity index (χ1n) is 12.9. The fourth-order valence-corrected chi connectivity index (χ4v) is 5.44. The zero-order valence-electron chi connectivity index (χ0n) is 23.6. The van der Waals surface area contributed by atoms with Crippen LogP contribution in [0.15, 0.2) is 59.6 Å². The SMILES string of the molecule is CCOc1cc(-c2cc(C(F)(F)F)n3ncc(OC(=O)Nc4cccc(S(=O)(=O)NC(C)(C)CO)c4)c3n2)ccc1C(F)(F)F. The van der Waals surface area contributed by atoms with Crippen molar-refractivity contribution in [2.24, 2.45) is 0 Å². The Balaban J connectivity index is 1.69. The van der Waals surface area contributed by atoms with Gasteiger partial charge in [0.1, 0.15) is 5.75 Å². The van der Waals surface area contributed by atoms with Crippen molar-refractivity contribution in [3.63, 3.8) is 0 Å². The number of nitrogens with zero attached hydrogens (tertiary/aromatic N) is 3. The lowest BCUT2D eigenvalue weighted by molar-refractivity contribution is -0.142. The maximum Gasteiger partial charge on any atom is 0.433 e. The average molecular weight is 662 g/mol. The molecule has 0 unspecified atom stereocenters. The normalized spacial score (nSPS) is 12.8. The van der Waals surface area contributed by atoms with Gasteiger partial charge in [0.05, 0.1) is 41.1 Å². The number of benzene rings is 2. The highest BCUT2D eigenvalue weighted by Crippen LogP contribution is 2.40. The van der Waals surface area contributed by atoms with Crippen molar-refractivity contribution in [3.8, 4) is 22.8 Å². The number of aliphatic hydroxyl groups excluding tert-OH is 1. The fraction of sp³-hybridized carbons (Fsp3) is 0.296. The Morgan fingerprint density at radius 1 is 1.00 bits per heavy atom. The van der Waals surface area contributed by atoms with E-state index in [0.29, 0.717) is 16.6 Å². The number of halogens is 6. The summed E-state index contributed by atoms with van der Waals surface area (Å²) in [7, 11) is -4.14. The summed E-state index contributed by atoms with van der Waals surface area (Å²) in [5, 5.41) is 15.2. The Hall–Kier alpha value is -4.42. The van der Waals surface area contributed by atoms with Gasteiger partial charge >= 0.3 is 18.4 Å². The van der Waals surface area contributed by atoms with Crippen LogP contribution < -0.4 is 19.5 Å². The van der Waals surface area contributed by atoms with E-state index >= 15 is 0 Å². The summed E-state index contributed by atoms with van der Waals surface area (Å²) in [6, 6.07) is 7.95. The molecule has 45 heavy (non-hydrogen) atoms. The van der Waals surface area contributed by atoms with Gasteiger partial charge in [0.25, 0.3) is 0 Å². The van der Waals surface area contributed by atoms with Crippen LogP contribution in [0.25, 0.3) is 16.9 Å². The van der Waals surface area contributed by atoms with E-state index in [1.54, 1.807) is 0 Å². The van der Waals surface area contributed by atoms with E-state index in [4.69, 9.17) is 9.47 Å². The molecule has 0 radical (unpaired) electrons. The Kier molecular flexibility index (Phi) is 9.05. The number of ether oxygens (including phenoxy) is 2. The van der Waals surface area contributed by atoms with Crippen molar-refractivity contribution in [2.75, 3.05) is 18.5 Å². The Morgan fingerprint density at radius 3 is 2.33 bits per heavy atom. The number of hydrogen-bond acceptors (Lipinski definition) is 8. The molecule has 1 amide bonds. The maximum atomic E-state index is 14.0. The lowest BCUT2D eigenvalue weighted by atomic mass is 10.1. The second-order valence-corrected chi connectivity index (χ2v) is 11.8. The highest BCUT2D eigenvalue weighted by atomic mass is 32.2. The van der Waals surface area contributed by atoms with Crippen LogP contribution in [0.3, 0.4) is 0 Å². The number of hydrogen-bond donors (Lipinski definition) is 3. The number of alkyl halides is 6. The van der Waals surface area contributed by atoms with Gasteiger partial charge < -0.3 is 14.6 Å². The maximum absolute atomic E-state index is 14.0. The van der Waals surface area contributed by atoms with Crippen molar-refractivity contribution in [3.05, 3.63) is 66.0 Å². The topological polar surface area (TPSA) is 144 Å². The second kappa shape index (κ2) is 12.2. The molecular weight excluding hydrogens is 636 g/mol. The number of aromatic nitrogens is 3. The van der Waals surface area contributed by atoms with Crippen LogP contribution in [-0.4, -0.2) is 53.0 Å². The number of rotatable bonds is 9. The molecule has 0 bridgehead atoms. The van der Waals surface area contributed by atoms with Gasteiger partial charge in [-0.25, -0.2) is 27.4 Å². The number of carbonyl (C=O) groups excluding carboxylic acids is 1. The number of sulfonamides is 1. The number of carbonyl (C=O) groups is 1. The summed E-state index contributed by atoms with van der Waals surface area (Å²) in [5.74, 6) is -1.17. The summed E-state index contributed by atoms with van der Waals surface area (Å²) < 4.78 is 121. The molecule has 4 rings (SSSR count). The van der Waals surface area contributed by atoms with Crippen molar-refractivity contribution in [2.45, 2.75) is 43.6 Å². The van der Waals surface area contributed by atoms with Crippen molar-refractivity contribution >= 4 is 27.5 Å². The highest BCUT2D eigenvalue weighted by molar-refractivity contribution is 7.89. The van der Waals surface area contributed by atoms with Crippen LogP contribution >= 0.6 is 0 Å². The molecule has 3 N–H and O–H groups in total. The molecule has 2 aromatic carbocycles. The van der Waals surface area contributed by atoms with Crippen LogP contribution in [0.1, 0.15) is 32.0 Å². The molecule has 2 aromatic heterocycles. The molecule has 0 saturated carbocycles. The Labute approximate surface area is 251 Å². The number of nitrogens with one attached hydrogen (secondary N) is 2. The van der Waals surface area contributed by atoms with Gasteiger partial charge in [-0.15, -0.1) is 0 Å². The zero-order valence-corrected chi connectivity index (χ0v) is 24.4. The van der Waals surface area contributed by atoms with E-state index in [-0.39, 0.29) is 22.8 Å². The van der Waals surface area contributed by atoms with Crippen LogP contribution in [-0.2, 0) is 22.4 Å². The minimum atomic E-state index is -5.01. The van der Waals surface area contributed by atoms with Gasteiger partial charge in [-0.1, -0.05) is 12.1 Å². The predicted molar refractivity (Wildman–Crippen MR) is 147 cm³/mol. The number of aliphatic hydroxyl groups is 1. The second-order valence-electron chi connectivity index (χ2n) is 10.1. The third-order valence-corrected chi connectivity index (χ3v) is 7.71. The van der Waals surface area contributed by atoms with Gasteiger partial charge in [-0.2, -0.15) is 31.4 Å². The third kappa shape index (κ3) is 7.63. The molecule has 2 heterocycles. The molecule has 0 aliphatic carbocycles. The van der Waals surface area contributed by atoms with Crippen molar-refractivity contribution < 1.29 is 54.1 Å². The van der Waals surface area contributed by atoms with E-state index < -0.39 is 74.7 Å². The Morgan fingerprint density at radius 2 is 1.71 bits per heavy atom. The third-order valence-electron chi connectivity index (χ3n) is 6.01. The summed E-state index contributed by atoms with van der Waals surface area (Å²) in [6.07, 6.45) is -10.3. The molecule has 0 saturated heterocycles. The lowest BCUT2D eigenvalue weighted by Crippen LogP contribution is -2.46. The molecule has 11 nitrogen and oxygen atoms in total. The summed E-state index contributed by atoms with van der Waals surface area (Å²) in [4.78, 5) is 16.5. The molecule has 4 aromatic rings. The quantitative estimate of drug-likeness (QED) is 0.200. The molecule has 0 aliphatic rings. The molecule has 242 valence electrons. The van der Waals surface area contributed by atoms with E-state index in [1.165, 1.54) is 39.0 Å². The molecular formula is C27H25F6N5O6S. The fourth-order valence-electron chi connectivity index (χ4n) is 3.99. The zero-order chi connectivity index (χ0) is 33.4. The van der Waals surface area contributed by atoms with Crippen LogP contribution in [0.2, 0.25) is 0 Å². The lowest BCUT2D eigenvalue weighted by Gasteiger charge is -2.23. The predicted octanol–water partition coefficient (Wildman–Crippen LogP) is 5.49. The smallest absolute Gasteiger partial charge is 0.433 e. The summed E-state index contributed by atoms with van der Waals surface area (Å²) >= 11 is 0. The van der Waals surface area contributed by atoms with Gasteiger partial charge in [-0.3, -0.25) is 5.32 Å². The first kappa shape index (κ1) is 33.5. The van der Waals surface area contributed by atoms with Crippen LogP contribution in [0.4, 0.5) is 36.8 Å². The van der Waals surface area contributed by atoms with Gasteiger partial charge in [0.2, 0.25) is 10.0 Å².